The fraction of sp³-hybridized carbons (Fsp3) is 0.500. The first-order valence-corrected chi connectivity index (χ1v) is 7.41. The van der Waals surface area contributed by atoms with Crippen molar-refractivity contribution < 1.29 is 9.59 Å². The molecule has 1 heterocycles. The van der Waals surface area contributed by atoms with Crippen molar-refractivity contribution in [2.45, 2.75) is 19.3 Å². The summed E-state index contributed by atoms with van der Waals surface area (Å²) in [6.45, 7) is 2.05. The van der Waals surface area contributed by atoms with Gasteiger partial charge in [-0.15, -0.1) is 0 Å². The van der Waals surface area contributed by atoms with Crippen LogP contribution >= 0.6 is 0 Å². The van der Waals surface area contributed by atoms with Crippen LogP contribution in [0.25, 0.3) is 0 Å². The second-order valence-corrected chi connectivity index (χ2v) is 5.57. The van der Waals surface area contributed by atoms with Gasteiger partial charge in [0.05, 0.1) is 6.54 Å². The number of carbonyl (C=O) groups excluding carboxylic acids is 2. The maximum atomic E-state index is 12.0. The number of likely N-dealkylation sites (tertiary alicyclic amines) is 1. The minimum absolute atomic E-state index is 0.0223. The zero-order valence-corrected chi connectivity index (χ0v) is 12.8. The number of nitrogens with zero attached hydrogens (tertiary/aromatic N) is 2. The third-order valence-corrected chi connectivity index (χ3v) is 3.69. The van der Waals surface area contributed by atoms with Crippen molar-refractivity contribution in [2.24, 2.45) is 0 Å². The molecule has 0 atom stereocenters. The lowest BCUT2D eigenvalue weighted by molar-refractivity contribution is -0.130. The fourth-order valence-corrected chi connectivity index (χ4v) is 2.42. The normalized spacial score (nSPS) is 14.7. The lowest BCUT2D eigenvalue weighted by atomic mass is 10.1. The summed E-state index contributed by atoms with van der Waals surface area (Å²) in [6.07, 6.45) is 3.43. The van der Waals surface area contributed by atoms with E-state index in [1.165, 1.54) is 6.42 Å². The van der Waals surface area contributed by atoms with Gasteiger partial charge >= 0.3 is 0 Å². The number of anilines is 1. The van der Waals surface area contributed by atoms with Gasteiger partial charge < -0.3 is 15.1 Å². The van der Waals surface area contributed by atoms with Gasteiger partial charge in [0, 0.05) is 38.4 Å². The van der Waals surface area contributed by atoms with Crippen LogP contribution in [0, 0.1) is 0 Å². The standard InChI is InChI=1S/C16H23N3O2/c1-18(2)16(21)13-6-8-14(9-7-13)17-12-15(20)19-10-4-3-5-11-19/h6-9,17H,3-5,10-12H2,1-2H3. The molecular formula is C16H23N3O2. The minimum Gasteiger partial charge on any atom is -0.376 e. The van der Waals surface area contributed by atoms with Crippen molar-refractivity contribution in [2.75, 3.05) is 39.0 Å². The van der Waals surface area contributed by atoms with Crippen LogP contribution in [0.5, 0.6) is 0 Å². The molecule has 0 aliphatic carbocycles. The predicted octanol–water partition coefficient (Wildman–Crippen LogP) is 1.81. The number of hydrogen-bond acceptors (Lipinski definition) is 3. The van der Waals surface area contributed by atoms with Crippen LogP contribution in [0.3, 0.4) is 0 Å². The van der Waals surface area contributed by atoms with Gasteiger partial charge in [-0.2, -0.15) is 0 Å². The third-order valence-electron chi connectivity index (χ3n) is 3.69. The molecular weight excluding hydrogens is 266 g/mol. The molecule has 5 heteroatoms. The van der Waals surface area contributed by atoms with Gasteiger partial charge in [-0.25, -0.2) is 0 Å². The highest BCUT2D eigenvalue weighted by Crippen LogP contribution is 2.12. The Bertz CT molecular complexity index is 491. The Morgan fingerprint density at radius 2 is 1.71 bits per heavy atom. The van der Waals surface area contributed by atoms with Crippen molar-refractivity contribution in [3.05, 3.63) is 29.8 Å². The molecule has 1 saturated heterocycles. The SMILES string of the molecule is CN(C)C(=O)c1ccc(NCC(=O)N2CCCCC2)cc1. The number of carbonyl (C=O) groups is 2. The highest BCUT2D eigenvalue weighted by atomic mass is 16.2. The molecule has 0 aromatic heterocycles. The second kappa shape index (κ2) is 7.11. The summed E-state index contributed by atoms with van der Waals surface area (Å²) in [7, 11) is 3.46. The average Bonchev–Trinajstić information content (AvgIpc) is 2.53. The average molecular weight is 289 g/mol. The summed E-state index contributed by atoms with van der Waals surface area (Å²) in [5.74, 6) is 0.120. The molecule has 21 heavy (non-hydrogen) atoms. The van der Waals surface area contributed by atoms with E-state index in [-0.39, 0.29) is 11.8 Å². The van der Waals surface area contributed by atoms with Crippen LogP contribution in [0.1, 0.15) is 29.6 Å². The van der Waals surface area contributed by atoms with Crippen LogP contribution in [0.15, 0.2) is 24.3 Å². The molecule has 1 aliphatic rings. The number of nitrogens with one attached hydrogen (secondary N) is 1. The topological polar surface area (TPSA) is 52.7 Å². The summed E-state index contributed by atoms with van der Waals surface area (Å²) < 4.78 is 0. The quantitative estimate of drug-likeness (QED) is 0.920. The van der Waals surface area contributed by atoms with Gasteiger partial charge in [0.2, 0.25) is 5.91 Å². The Labute approximate surface area is 125 Å². The number of amides is 2. The van der Waals surface area contributed by atoms with Crippen LogP contribution in [0.4, 0.5) is 5.69 Å². The molecule has 114 valence electrons. The van der Waals surface area contributed by atoms with Crippen molar-refractivity contribution in [1.82, 2.24) is 9.80 Å². The molecule has 0 spiro atoms. The molecule has 0 bridgehead atoms. The zero-order chi connectivity index (χ0) is 15.2. The Morgan fingerprint density at radius 3 is 2.29 bits per heavy atom. The molecule has 5 nitrogen and oxygen atoms in total. The first kappa shape index (κ1) is 15.4. The highest BCUT2D eigenvalue weighted by molar-refractivity contribution is 5.94. The Kier molecular flexibility index (Phi) is 5.20. The molecule has 2 amide bonds. The zero-order valence-electron chi connectivity index (χ0n) is 12.8. The lowest BCUT2D eigenvalue weighted by Crippen LogP contribution is -2.39. The number of rotatable bonds is 4. The first-order chi connectivity index (χ1) is 10.1. The molecule has 2 rings (SSSR count). The lowest BCUT2D eigenvalue weighted by Gasteiger charge is -2.26. The summed E-state index contributed by atoms with van der Waals surface area (Å²) >= 11 is 0. The van der Waals surface area contributed by atoms with E-state index in [4.69, 9.17) is 0 Å². The largest absolute Gasteiger partial charge is 0.376 e. The first-order valence-electron chi connectivity index (χ1n) is 7.41. The van der Waals surface area contributed by atoms with E-state index >= 15 is 0 Å². The maximum absolute atomic E-state index is 12.0. The van der Waals surface area contributed by atoms with Crippen LogP contribution in [-0.2, 0) is 4.79 Å². The van der Waals surface area contributed by atoms with Gasteiger partial charge in [-0.3, -0.25) is 9.59 Å². The summed E-state index contributed by atoms with van der Waals surface area (Å²) in [6, 6.07) is 7.21. The summed E-state index contributed by atoms with van der Waals surface area (Å²) in [5, 5.41) is 3.12. The minimum atomic E-state index is -0.0223. The van der Waals surface area contributed by atoms with E-state index in [2.05, 4.69) is 5.32 Å². The molecule has 0 saturated carbocycles. The molecule has 1 aliphatic heterocycles. The predicted molar refractivity (Wildman–Crippen MR) is 83.4 cm³/mol. The van der Waals surface area contributed by atoms with E-state index in [0.717, 1.165) is 31.6 Å². The van der Waals surface area contributed by atoms with Gasteiger partial charge in [0.25, 0.3) is 5.91 Å². The third kappa shape index (κ3) is 4.21. The highest BCUT2D eigenvalue weighted by Gasteiger charge is 2.15. The number of benzene rings is 1. The Hall–Kier alpha value is -2.04. The van der Waals surface area contributed by atoms with Crippen LogP contribution < -0.4 is 5.32 Å². The monoisotopic (exact) mass is 289 g/mol. The smallest absolute Gasteiger partial charge is 0.253 e. The Balaban J connectivity index is 1.86. The van der Waals surface area contributed by atoms with Crippen molar-refractivity contribution in [3.8, 4) is 0 Å². The molecule has 1 aromatic rings. The van der Waals surface area contributed by atoms with Gasteiger partial charge in [0.1, 0.15) is 0 Å². The summed E-state index contributed by atoms with van der Waals surface area (Å²) in [4.78, 5) is 27.3. The number of hydrogen-bond donors (Lipinski definition) is 1. The van der Waals surface area contributed by atoms with Crippen molar-refractivity contribution in [1.29, 1.82) is 0 Å². The maximum Gasteiger partial charge on any atom is 0.253 e. The van der Waals surface area contributed by atoms with Crippen molar-refractivity contribution >= 4 is 17.5 Å². The van der Waals surface area contributed by atoms with Gasteiger partial charge in [-0.1, -0.05) is 0 Å². The van der Waals surface area contributed by atoms with E-state index in [0.29, 0.717) is 12.1 Å². The van der Waals surface area contributed by atoms with E-state index < -0.39 is 0 Å². The molecule has 1 fully saturated rings. The van der Waals surface area contributed by atoms with Crippen LogP contribution in [-0.4, -0.2) is 55.3 Å². The van der Waals surface area contributed by atoms with Gasteiger partial charge in [0.15, 0.2) is 0 Å². The van der Waals surface area contributed by atoms with E-state index in [1.54, 1.807) is 31.1 Å². The number of piperidine rings is 1. The van der Waals surface area contributed by atoms with Gasteiger partial charge in [-0.05, 0) is 43.5 Å². The summed E-state index contributed by atoms with van der Waals surface area (Å²) in [5.41, 5.74) is 1.50. The van der Waals surface area contributed by atoms with Crippen LogP contribution in [0.2, 0.25) is 0 Å². The molecule has 1 aromatic carbocycles. The van der Waals surface area contributed by atoms with E-state index in [1.807, 2.05) is 17.0 Å². The molecule has 1 N–H and O–H groups in total. The Morgan fingerprint density at radius 1 is 1.10 bits per heavy atom. The van der Waals surface area contributed by atoms with E-state index in [9.17, 15) is 9.59 Å². The second-order valence-electron chi connectivity index (χ2n) is 5.57. The molecule has 0 radical (unpaired) electrons. The fourth-order valence-electron chi connectivity index (χ4n) is 2.42. The van der Waals surface area contributed by atoms with Crippen molar-refractivity contribution in [3.63, 3.8) is 0 Å². The molecule has 0 unspecified atom stereocenters.